The van der Waals surface area contributed by atoms with Gasteiger partial charge < -0.3 is 15.1 Å². The summed E-state index contributed by atoms with van der Waals surface area (Å²) in [4.78, 5) is 13.6. The summed E-state index contributed by atoms with van der Waals surface area (Å²) in [5.74, 6) is 1.49. The first-order chi connectivity index (χ1) is 10.1. The standard InChI is InChI=1S/C16H29N5/c1-14(2)10-17-11-15-12-18-16(19-13-15)20(3)8-9-21-6-4-5-7-21/h12-14,17H,4-11H2,1-3H3. The van der Waals surface area contributed by atoms with Crippen LogP contribution in [0.1, 0.15) is 32.3 Å². The molecule has 0 aromatic carbocycles. The smallest absolute Gasteiger partial charge is 0.225 e. The zero-order valence-electron chi connectivity index (χ0n) is 13.7. The summed E-state index contributed by atoms with van der Waals surface area (Å²) in [6.07, 6.45) is 6.56. The van der Waals surface area contributed by atoms with Gasteiger partial charge in [0.2, 0.25) is 5.95 Å². The molecule has 2 heterocycles. The van der Waals surface area contributed by atoms with Crippen LogP contribution in [0.4, 0.5) is 5.95 Å². The summed E-state index contributed by atoms with van der Waals surface area (Å²) in [6, 6.07) is 0. The van der Waals surface area contributed by atoms with E-state index in [4.69, 9.17) is 0 Å². The van der Waals surface area contributed by atoms with E-state index in [1.807, 2.05) is 12.4 Å². The van der Waals surface area contributed by atoms with Gasteiger partial charge in [0, 0.05) is 44.6 Å². The molecule has 0 saturated carbocycles. The van der Waals surface area contributed by atoms with Crippen molar-refractivity contribution in [2.24, 2.45) is 5.92 Å². The Morgan fingerprint density at radius 1 is 1.24 bits per heavy atom. The van der Waals surface area contributed by atoms with Crippen molar-refractivity contribution in [3.8, 4) is 0 Å². The van der Waals surface area contributed by atoms with Gasteiger partial charge in [0.25, 0.3) is 0 Å². The molecular weight excluding hydrogens is 262 g/mol. The number of rotatable bonds is 8. The average Bonchev–Trinajstić information content (AvgIpc) is 2.98. The lowest BCUT2D eigenvalue weighted by Gasteiger charge is -2.21. The molecule has 0 atom stereocenters. The number of nitrogens with one attached hydrogen (secondary N) is 1. The molecule has 1 N–H and O–H groups in total. The number of nitrogens with zero attached hydrogens (tertiary/aromatic N) is 4. The van der Waals surface area contributed by atoms with Gasteiger partial charge in [-0.3, -0.25) is 0 Å². The van der Waals surface area contributed by atoms with E-state index in [1.54, 1.807) is 0 Å². The first kappa shape index (κ1) is 16.2. The van der Waals surface area contributed by atoms with Crippen LogP contribution in [-0.4, -0.2) is 54.6 Å². The van der Waals surface area contributed by atoms with Crippen molar-refractivity contribution in [3.05, 3.63) is 18.0 Å². The van der Waals surface area contributed by atoms with E-state index < -0.39 is 0 Å². The average molecular weight is 291 g/mol. The zero-order valence-corrected chi connectivity index (χ0v) is 13.7. The zero-order chi connectivity index (χ0) is 15.1. The molecule has 0 amide bonds. The number of hydrogen-bond donors (Lipinski definition) is 1. The van der Waals surface area contributed by atoms with Crippen LogP contribution in [0.2, 0.25) is 0 Å². The van der Waals surface area contributed by atoms with Gasteiger partial charge in [-0.05, 0) is 38.4 Å². The van der Waals surface area contributed by atoms with E-state index in [2.05, 4.69) is 46.0 Å². The van der Waals surface area contributed by atoms with Crippen molar-refractivity contribution in [1.29, 1.82) is 0 Å². The highest BCUT2D eigenvalue weighted by Gasteiger charge is 2.12. The van der Waals surface area contributed by atoms with E-state index in [0.717, 1.165) is 37.7 Å². The molecule has 0 bridgehead atoms. The highest BCUT2D eigenvalue weighted by molar-refractivity contribution is 5.28. The number of anilines is 1. The third-order valence-electron chi connectivity index (χ3n) is 3.87. The molecule has 5 heteroatoms. The number of likely N-dealkylation sites (N-methyl/N-ethyl adjacent to an activating group) is 1. The molecule has 21 heavy (non-hydrogen) atoms. The van der Waals surface area contributed by atoms with Crippen LogP contribution >= 0.6 is 0 Å². The quantitative estimate of drug-likeness (QED) is 0.790. The lowest BCUT2D eigenvalue weighted by atomic mass is 10.2. The van der Waals surface area contributed by atoms with Crippen LogP contribution < -0.4 is 10.2 Å². The highest BCUT2D eigenvalue weighted by atomic mass is 15.3. The number of hydrogen-bond acceptors (Lipinski definition) is 5. The van der Waals surface area contributed by atoms with Gasteiger partial charge >= 0.3 is 0 Å². The Morgan fingerprint density at radius 3 is 2.52 bits per heavy atom. The lowest BCUT2D eigenvalue weighted by molar-refractivity contribution is 0.346. The molecule has 1 aromatic heterocycles. The summed E-state index contributed by atoms with van der Waals surface area (Å²) >= 11 is 0. The van der Waals surface area contributed by atoms with Crippen LogP contribution in [0.15, 0.2) is 12.4 Å². The Kier molecular flexibility index (Phi) is 6.39. The Balaban J connectivity index is 1.74. The van der Waals surface area contributed by atoms with Crippen molar-refractivity contribution in [1.82, 2.24) is 20.2 Å². The van der Waals surface area contributed by atoms with Gasteiger partial charge in [-0.1, -0.05) is 13.8 Å². The number of likely N-dealkylation sites (tertiary alicyclic amines) is 1. The van der Waals surface area contributed by atoms with Gasteiger partial charge in [-0.15, -0.1) is 0 Å². The summed E-state index contributed by atoms with van der Waals surface area (Å²) in [7, 11) is 2.07. The molecular formula is C16H29N5. The normalized spacial score (nSPS) is 15.8. The van der Waals surface area contributed by atoms with Crippen LogP contribution in [0.25, 0.3) is 0 Å². The third-order valence-corrected chi connectivity index (χ3v) is 3.87. The fourth-order valence-electron chi connectivity index (χ4n) is 2.54. The largest absolute Gasteiger partial charge is 0.343 e. The molecule has 1 saturated heterocycles. The maximum Gasteiger partial charge on any atom is 0.225 e. The highest BCUT2D eigenvalue weighted by Crippen LogP contribution is 2.09. The summed E-state index contributed by atoms with van der Waals surface area (Å²) in [5, 5.41) is 3.41. The fraction of sp³-hybridized carbons (Fsp3) is 0.750. The SMILES string of the molecule is CC(C)CNCc1cnc(N(C)CCN2CCCC2)nc1. The summed E-state index contributed by atoms with van der Waals surface area (Å²) in [6.45, 7) is 10.9. The maximum absolute atomic E-state index is 4.48. The van der Waals surface area contributed by atoms with Crippen molar-refractivity contribution in [2.45, 2.75) is 33.2 Å². The van der Waals surface area contributed by atoms with E-state index in [0.29, 0.717) is 5.92 Å². The summed E-state index contributed by atoms with van der Waals surface area (Å²) in [5.41, 5.74) is 1.15. The first-order valence-corrected chi connectivity index (χ1v) is 8.10. The second kappa shape index (κ2) is 8.29. The first-order valence-electron chi connectivity index (χ1n) is 8.10. The second-order valence-corrected chi connectivity index (χ2v) is 6.39. The molecule has 1 aromatic rings. The van der Waals surface area contributed by atoms with Gasteiger partial charge in [0.15, 0.2) is 0 Å². The van der Waals surface area contributed by atoms with Crippen molar-refractivity contribution in [2.75, 3.05) is 44.7 Å². The summed E-state index contributed by atoms with van der Waals surface area (Å²) < 4.78 is 0. The molecule has 118 valence electrons. The number of aromatic nitrogens is 2. The van der Waals surface area contributed by atoms with E-state index in [-0.39, 0.29) is 0 Å². The van der Waals surface area contributed by atoms with E-state index in [1.165, 1.54) is 25.9 Å². The molecule has 1 fully saturated rings. The van der Waals surface area contributed by atoms with E-state index in [9.17, 15) is 0 Å². The second-order valence-electron chi connectivity index (χ2n) is 6.39. The van der Waals surface area contributed by atoms with Gasteiger partial charge in [0.1, 0.15) is 0 Å². The Labute approximate surface area is 128 Å². The minimum atomic E-state index is 0.668. The Hall–Kier alpha value is -1.20. The van der Waals surface area contributed by atoms with Crippen molar-refractivity contribution in [3.63, 3.8) is 0 Å². The molecule has 0 aliphatic carbocycles. The van der Waals surface area contributed by atoms with Crippen LogP contribution in [0, 0.1) is 5.92 Å². The van der Waals surface area contributed by atoms with Crippen LogP contribution in [0.5, 0.6) is 0 Å². The Bertz CT molecular complexity index is 398. The molecule has 0 unspecified atom stereocenters. The molecule has 1 aliphatic rings. The van der Waals surface area contributed by atoms with Gasteiger partial charge in [-0.2, -0.15) is 0 Å². The topological polar surface area (TPSA) is 44.3 Å². The van der Waals surface area contributed by atoms with E-state index >= 15 is 0 Å². The molecule has 1 aliphatic heterocycles. The van der Waals surface area contributed by atoms with Crippen molar-refractivity contribution < 1.29 is 0 Å². The molecule has 5 nitrogen and oxygen atoms in total. The predicted octanol–water partition coefficient (Wildman–Crippen LogP) is 1.75. The minimum absolute atomic E-state index is 0.668. The maximum atomic E-state index is 4.48. The van der Waals surface area contributed by atoms with Gasteiger partial charge in [-0.25, -0.2) is 9.97 Å². The van der Waals surface area contributed by atoms with Gasteiger partial charge in [0.05, 0.1) is 0 Å². The third kappa shape index (κ3) is 5.59. The predicted molar refractivity (Wildman–Crippen MR) is 87.5 cm³/mol. The minimum Gasteiger partial charge on any atom is -0.343 e. The lowest BCUT2D eigenvalue weighted by Crippen LogP contribution is -2.32. The van der Waals surface area contributed by atoms with Crippen molar-refractivity contribution >= 4 is 5.95 Å². The monoisotopic (exact) mass is 291 g/mol. The van der Waals surface area contributed by atoms with Crippen LogP contribution in [-0.2, 0) is 6.54 Å². The fourth-order valence-corrected chi connectivity index (χ4v) is 2.54. The molecule has 0 radical (unpaired) electrons. The molecule has 0 spiro atoms. The Morgan fingerprint density at radius 2 is 1.90 bits per heavy atom. The van der Waals surface area contributed by atoms with Crippen LogP contribution in [0.3, 0.4) is 0 Å². The molecule has 2 rings (SSSR count).